The van der Waals surface area contributed by atoms with Crippen LogP contribution in [0.1, 0.15) is 11.1 Å². The van der Waals surface area contributed by atoms with Gasteiger partial charge in [0.25, 0.3) is 5.56 Å². The zero-order chi connectivity index (χ0) is 14.0. The predicted molar refractivity (Wildman–Crippen MR) is 73.0 cm³/mol. The second-order valence-electron chi connectivity index (χ2n) is 4.23. The van der Waals surface area contributed by atoms with Gasteiger partial charge in [0.1, 0.15) is 11.5 Å². The SMILES string of the molecule is Cc1ccncc1CNc1c(N)n(C)c(=O)[nH]c1=O. The van der Waals surface area contributed by atoms with Crippen molar-refractivity contribution in [2.24, 2.45) is 7.05 Å². The maximum atomic E-state index is 11.7. The average molecular weight is 261 g/mol. The number of pyridine rings is 1. The molecule has 0 bridgehead atoms. The first-order valence-corrected chi connectivity index (χ1v) is 5.73. The summed E-state index contributed by atoms with van der Waals surface area (Å²) in [6.45, 7) is 2.36. The highest BCUT2D eigenvalue weighted by Gasteiger charge is 2.09. The van der Waals surface area contributed by atoms with Crippen molar-refractivity contribution >= 4 is 11.5 Å². The number of H-pyrrole nitrogens is 1. The smallest absolute Gasteiger partial charge is 0.329 e. The van der Waals surface area contributed by atoms with E-state index in [1.54, 1.807) is 12.4 Å². The summed E-state index contributed by atoms with van der Waals surface area (Å²) in [6, 6.07) is 1.88. The van der Waals surface area contributed by atoms with Crippen molar-refractivity contribution in [3.05, 3.63) is 50.4 Å². The summed E-state index contributed by atoms with van der Waals surface area (Å²) >= 11 is 0. The number of nitrogens with two attached hydrogens (primary N) is 1. The molecule has 4 N–H and O–H groups in total. The molecule has 0 aliphatic heterocycles. The Morgan fingerprint density at radius 1 is 1.47 bits per heavy atom. The Kier molecular flexibility index (Phi) is 3.37. The minimum absolute atomic E-state index is 0.107. The monoisotopic (exact) mass is 261 g/mol. The van der Waals surface area contributed by atoms with Gasteiger partial charge in [0.15, 0.2) is 0 Å². The summed E-state index contributed by atoms with van der Waals surface area (Å²) in [6.07, 6.45) is 3.42. The second-order valence-corrected chi connectivity index (χ2v) is 4.23. The van der Waals surface area contributed by atoms with Crippen LogP contribution in [0.3, 0.4) is 0 Å². The van der Waals surface area contributed by atoms with Crippen molar-refractivity contribution in [2.45, 2.75) is 13.5 Å². The molecule has 7 nitrogen and oxygen atoms in total. The average Bonchev–Trinajstić information content (AvgIpc) is 2.38. The van der Waals surface area contributed by atoms with Gasteiger partial charge in [0.2, 0.25) is 0 Å². The highest BCUT2D eigenvalue weighted by molar-refractivity contribution is 5.60. The van der Waals surface area contributed by atoms with Gasteiger partial charge in [-0.3, -0.25) is 19.3 Å². The van der Waals surface area contributed by atoms with E-state index in [1.807, 2.05) is 13.0 Å². The van der Waals surface area contributed by atoms with Gasteiger partial charge in [-0.1, -0.05) is 0 Å². The van der Waals surface area contributed by atoms with Gasteiger partial charge in [-0.05, 0) is 24.1 Å². The number of aromatic amines is 1. The van der Waals surface area contributed by atoms with Crippen LogP contribution in [0.5, 0.6) is 0 Å². The minimum Gasteiger partial charge on any atom is -0.383 e. The number of nitrogens with zero attached hydrogens (tertiary/aromatic N) is 2. The molecule has 0 spiro atoms. The fraction of sp³-hybridized carbons (Fsp3) is 0.250. The molecule has 0 aliphatic carbocycles. The molecule has 0 unspecified atom stereocenters. The van der Waals surface area contributed by atoms with Gasteiger partial charge >= 0.3 is 5.69 Å². The van der Waals surface area contributed by atoms with E-state index >= 15 is 0 Å². The van der Waals surface area contributed by atoms with Gasteiger partial charge in [0.05, 0.1) is 0 Å². The van der Waals surface area contributed by atoms with Crippen LogP contribution in [0.4, 0.5) is 11.5 Å². The number of hydrogen-bond donors (Lipinski definition) is 3. The number of hydrogen-bond acceptors (Lipinski definition) is 5. The van der Waals surface area contributed by atoms with E-state index in [2.05, 4.69) is 15.3 Å². The first-order chi connectivity index (χ1) is 9.00. The number of nitrogen functional groups attached to an aromatic ring is 1. The molecule has 2 heterocycles. The predicted octanol–water partition coefficient (Wildman–Crippen LogP) is -0.0287. The topological polar surface area (TPSA) is 106 Å². The third-order valence-electron chi connectivity index (χ3n) is 2.97. The molecular formula is C12H15N5O2. The lowest BCUT2D eigenvalue weighted by atomic mass is 10.1. The first-order valence-electron chi connectivity index (χ1n) is 5.73. The van der Waals surface area contributed by atoms with Crippen molar-refractivity contribution in [3.8, 4) is 0 Å². The number of rotatable bonds is 3. The van der Waals surface area contributed by atoms with E-state index < -0.39 is 11.2 Å². The summed E-state index contributed by atoms with van der Waals surface area (Å²) in [5, 5.41) is 2.94. The van der Waals surface area contributed by atoms with Crippen molar-refractivity contribution in [1.82, 2.24) is 14.5 Å². The molecule has 0 amide bonds. The van der Waals surface area contributed by atoms with Gasteiger partial charge < -0.3 is 11.1 Å². The van der Waals surface area contributed by atoms with E-state index in [0.717, 1.165) is 11.1 Å². The third kappa shape index (κ3) is 2.49. The normalized spacial score (nSPS) is 10.4. The van der Waals surface area contributed by atoms with Crippen LogP contribution in [0.25, 0.3) is 0 Å². The van der Waals surface area contributed by atoms with E-state index in [9.17, 15) is 9.59 Å². The molecular weight excluding hydrogens is 246 g/mol. The summed E-state index contributed by atoms with van der Waals surface area (Å²) in [7, 11) is 1.49. The van der Waals surface area contributed by atoms with Crippen LogP contribution in [0, 0.1) is 6.92 Å². The Labute approximate surface area is 109 Å². The Morgan fingerprint density at radius 2 is 2.21 bits per heavy atom. The molecule has 0 atom stereocenters. The van der Waals surface area contributed by atoms with Crippen molar-refractivity contribution < 1.29 is 0 Å². The Bertz CT molecular complexity index is 717. The maximum absolute atomic E-state index is 11.7. The van der Waals surface area contributed by atoms with Crippen LogP contribution < -0.4 is 22.3 Å². The number of nitrogens with one attached hydrogen (secondary N) is 2. The van der Waals surface area contributed by atoms with Crippen LogP contribution in [0.15, 0.2) is 28.0 Å². The zero-order valence-electron chi connectivity index (χ0n) is 10.7. The third-order valence-corrected chi connectivity index (χ3v) is 2.97. The molecule has 0 radical (unpaired) electrons. The molecule has 19 heavy (non-hydrogen) atoms. The number of anilines is 2. The fourth-order valence-corrected chi connectivity index (χ4v) is 1.67. The zero-order valence-corrected chi connectivity index (χ0v) is 10.7. The van der Waals surface area contributed by atoms with Gasteiger partial charge in [0, 0.05) is 26.0 Å². The lowest BCUT2D eigenvalue weighted by Gasteiger charge is -2.11. The molecule has 0 aromatic carbocycles. The lowest BCUT2D eigenvalue weighted by Crippen LogP contribution is -2.32. The maximum Gasteiger partial charge on any atom is 0.329 e. The molecule has 0 saturated carbocycles. The fourth-order valence-electron chi connectivity index (χ4n) is 1.67. The van der Waals surface area contributed by atoms with E-state index in [-0.39, 0.29) is 11.5 Å². The summed E-state index contributed by atoms with van der Waals surface area (Å²) in [4.78, 5) is 29.2. The number of aromatic nitrogens is 3. The molecule has 100 valence electrons. The molecule has 2 aromatic rings. The van der Waals surface area contributed by atoms with Crippen LogP contribution >= 0.6 is 0 Å². The van der Waals surface area contributed by atoms with Gasteiger partial charge in [-0.15, -0.1) is 0 Å². The molecule has 0 aliphatic rings. The highest BCUT2D eigenvalue weighted by atomic mass is 16.2. The standard InChI is InChI=1S/C12H15N5O2/c1-7-3-4-14-5-8(7)6-15-9-10(13)17(2)12(19)16-11(9)18/h3-5,15H,6,13H2,1-2H3,(H,16,18,19). The summed E-state index contributed by atoms with van der Waals surface area (Å²) in [5.74, 6) is 0.107. The van der Waals surface area contributed by atoms with E-state index in [1.165, 1.54) is 11.6 Å². The van der Waals surface area contributed by atoms with E-state index in [0.29, 0.717) is 6.54 Å². The van der Waals surface area contributed by atoms with Gasteiger partial charge in [-0.25, -0.2) is 4.79 Å². The molecule has 2 aromatic heterocycles. The second kappa shape index (κ2) is 4.97. The largest absolute Gasteiger partial charge is 0.383 e. The molecule has 0 saturated heterocycles. The lowest BCUT2D eigenvalue weighted by molar-refractivity contribution is 0.812. The highest BCUT2D eigenvalue weighted by Crippen LogP contribution is 2.12. The van der Waals surface area contributed by atoms with Crippen molar-refractivity contribution in [2.75, 3.05) is 11.1 Å². The Morgan fingerprint density at radius 3 is 2.89 bits per heavy atom. The Balaban J connectivity index is 2.31. The Hall–Kier alpha value is -2.57. The van der Waals surface area contributed by atoms with Gasteiger partial charge in [-0.2, -0.15) is 0 Å². The van der Waals surface area contributed by atoms with Crippen molar-refractivity contribution in [1.29, 1.82) is 0 Å². The van der Waals surface area contributed by atoms with Crippen LogP contribution in [-0.4, -0.2) is 14.5 Å². The number of aryl methyl sites for hydroxylation is 1. The van der Waals surface area contributed by atoms with Crippen LogP contribution in [0.2, 0.25) is 0 Å². The quantitative estimate of drug-likeness (QED) is 0.719. The summed E-state index contributed by atoms with van der Waals surface area (Å²) in [5.41, 5.74) is 6.89. The molecule has 2 rings (SSSR count). The van der Waals surface area contributed by atoms with Crippen LogP contribution in [-0.2, 0) is 13.6 Å². The summed E-state index contributed by atoms with van der Waals surface area (Å²) < 4.78 is 1.18. The minimum atomic E-state index is -0.536. The van der Waals surface area contributed by atoms with Crippen molar-refractivity contribution in [3.63, 3.8) is 0 Å². The van der Waals surface area contributed by atoms with E-state index in [4.69, 9.17) is 5.73 Å². The first kappa shape index (κ1) is 12.9. The molecule has 7 heteroatoms. The molecule has 0 fully saturated rings.